The first-order valence-corrected chi connectivity index (χ1v) is 3.73. The Bertz CT molecular complexity index is 196. The van der Waals surface area contributed by atoms with Gasteiger partial charge >= 0.3 is 0 Å². The van der Waals surface area contributed by atoms with Crippen molar-refractivity contribution in [2.45, 2.75) is 19.4 Å². The van der Waals surface area contributed by atoms with Crippen LogP contribution in [0.5, 0.6) is 0 Å². The van der Waals surface area contributed by atoms with Gasteiger partial charge in [-0.1, -0.05) is 6.92 Å². The molecule has 0 aromatic rings. The number of piperazine rings is 1. The van der Waals surface area contributed by atoms with Gasteiger partial charge in [0, 0.05) is 13.1 Å². The molecular formula is C7H11N3O. The lowest BCUT2D eigenvalue weighted by molar-refractivity contribution is -0.127. The fourth-order valence-corrected chi connectivity index (χ4v) is 1.24. The molecule has 1 heterocycles. The van der Waals surface area contributed by atoms with E-state index < -0.39 is 0 Å². The highest BCUT2D eigenvalue weighted by atomic mass is 16.2. The quantitative estimate of drug-likeness (QED) is 0.525. The summed E-state index contributed by atoms with van der Waals surface area (Å²) in [6.45, 7) is 3.13. The Morgan fingerprint density at radius 1 is 1.91 bits per heavy atom. The van der Waals surface area contributed by atoms with Crippen molar-refractivity contribution in [2.75, 3.05) is 13.1 Å². The Labute approximate surface area is 65.8 Å². The number of nitrogens with one attached hydrogen (secondary N) is 1. The zero-order chi connectivity index (χ0) is 8.27. The lowest BCUT2D eigenvalue weighted by Gasteiger charge is -2.29. The maximum atomic E-state index is 11.1. The van der Waals surface area contributed by atoms with Gasteiger partial charge in [-0.3, -0.25) is 9.69 Å². The Hall–Kier alpha value is -1.24. The van der Waals surface area contributed by atoms with E-state index in [-0.39, 0.29) is 11.9 Å². The zero-order valence-electron chi connectivity index (χ0n) is 6.50. The topological polar surface area (TPSA) is 56.1 Å². The largest absolute Gasteiger partial charge is 0.352 e. The molecule has 4 heteroatoms. The van der Waals surface area contributed by atoms with Crippen molar-refractivity contribution < 1.29 is 4.79 Å². The minimum absolute atomic E-state index is 0.0275. The van der Waals surface area contributed by atoms with Gasteiger partial charge in [0.1, 0.15) is 6.04 Å². The van der Waals surface area contributed by atoms with Gasteiger partial charge in [0.2, 0.25) is 5.91 Å². The molecule has 1 unspecified atom stereocenters. The van der Waals surface area contributed by atoms with Crippen LogP contribution in [0.1, 0.15) is 13.3 Å². The van der Waals surface area contributed by atoms with Crippen LogP contribution in [0.4, 0.5) is 0 Å². The van der Waals surface area contributed by atoms with E-state index in [1.165, 1.54) is 4.90 Å². The summed E-state index contributed by atoms with van der Waals surface area (Å²) >= 11 is 0. The van der Waals surface area contributed by atoms with Crippen molar-refractivity contribution in [1.29, 1.82) is 5.26 Å². The smallest absolute Gasteiger partial charge is 0.243 e. The normalized spacial score (nSPS) is 24.2. The number of carbonyl (C=O) groups excluding carboxylic acids is 1. The van der Waals surface area contributed by atoms with E-state index in [2.05, 4.69) is 5.32 Å². The molecule has 1 saturated heterocycles. The highest BCUT2D eigenvalue weighted by molar-refractivity contribution is 5.82. The standard InChI is InChI=1S/C7H11N3O/c1-2-6-7(11)9-3-4-10(6)5-8/h6H,2-4H2,1H3,(H,9,11). The third-order valence-electron chi connectivity index (χ3n) is 1.85. The summed E-state index contributed by atoms with van der Waals surface area (Å²) in [5.74, 6) is -0.0275. The van der Waals surface area contributed by atoms with Crippen LogP contribution in [0.25, 0.3) is 0 Å². The molecule has 11 heavy (non-hydrogen) atoms. The molecule has 1 rings (SSSR count). The second kappa shape index (κ2) is 3.24. The number of rotatable bonds is 1. The van der Waals surface area contributed by atoms with E-state index >= 15 is 0 Å². The number of nitriles is 1. The minimum atomic E-state index is -0.242. The molecule has 0 saturated carbocycles. The van der Waals surface area contributed by atoms with Gasteiger partial charge in [0.25, 0.3) is 0 Å². The van der Waals surface area contributed by atoms with Crippen molar-refractivity contribution in [2.24, 2.45) is 0 Å². The number of nitrogens with zero attached hydrogens (tertiary/aromatic N) is 2. The Kier molecular flexibility index (Phi) is 2.32. The molecule has 4 nitrogen and oxygen atoms in total. The molecule has 0 spiro atoms. The lowest BCUT2D eigenvalue weighted by atomic mass is 10.1. The van der Waals surface area contributed by atoms with Crippen LogP contribution in [-0.4, -0.2) is 29.9 Å². The van der Waals surface area contributed by atoms with Crippen LogP contribution < -0.4 is 5.32 Å². The highest BCUT2D eigenvalue weighted by Crippen LogP contribution is 2.05. The van der Waals surface area contributed by atoms with Gasteiger partial charge in [-0.2, -0.15) is 5.26 Å². The van der Waals surface area contributed by atoms with Crippen LogP contribution in [0.3, 0.4) is 0 Å². The summed E-state index contributed by atoms with van der Waals surface area (Å²) in [5, 5.41) is 11.3. The van der Waals surface area contributed by atoms with Crippen molar-refractivity contribution in [3.63, 3.8) is 0 Å². The molecule has 0 bridgehead atoms. The van der Waals surface area contributed by atoms with Crippen LogP contribution in [0.2, 0.25) is 0 Å². The van der Waals surface area contributed by atoms with E-state index in [1.54, 1.807) is 0 Å². The van der Waals surface area contributed by atoms with Crippen LogP contribution in [-0.2, 0) is 4.79 Å². The van der Waals surface area contributed by atoms with Crippen LogP contribution in [0.15, 0.2) is 0 Å². The molecule has 1 atom stereocenters. The van der Waals surface area contributed by atoms with Gasteiger partial charge < -0.3 is 5.32 Å². The highest BCUT2D eigenvalue weighted by Gasteiger charge is 2.26. The molecule has 0 radical (unpaired) electrons. The SMILES string of the molecule is CCC1C(=O)NCCN1C#N. The molecule has 1 N–H and O–H groups in total. The molecule has 60 valence electrons. The predicted octanol–water partition coefficient (Wildman–Crippen LogP) is -0.322. The number of amides is 1. The molecular weight excluding hydrogens is 142 g/mol. The fraction of sp³-hybridized carbons (Fsp3) is 0.714. The van der Waals surface area contributed by atoms with Crippen molar-refractivity contribution in [3.05, 3.63) is 0 Å². The Morgan fingerprint density at radius 3 is 3.09 bits per heavy atom. The Balaban J connectivity index is 2.65. The maximum absolute atomic E-state index is 11.1. The second-order valence-electron chi connectivity index (χ2n) is 2.51. The van der Waals surface area contributed by atoms with E-state index in [4.69, 9.17) is 5.26 Å². The summed E-state index contributed by atoms with van der Waals surface area (Å²) in [6, 6.07) is -0.242. The van der Waals surface area contributed by atoms with E-state index in [9.17, 15) is 4.79 Å². The molecule has 0 aromatic carbocycles. The zero-order valence-corrected chi connectivity index (χ0v) is 6.50. The van der Waals surface area contributed by atoms with Gasteiger partial charge in [-0.15, -0.1) is 0 Å². The first-order valence-electron chi connectivity index (χ1n) is 3.73. The number of hydrogen-bond acceptors (Lipinski definition) is 3. The predicted molar refractivity (Wildman–Crippen MR) is 39.4 cm³/mol. The summed E-state index contributed by atoms with van der Waals surface area (Å²) < 4.78 is 0. The molecule has 1 fully saturated rings. The molecule has 1 aliphatic rings. The number of hydrogen-bond donors (Lipinski definition) is 1. The second-order valence-corrected chi connectivity index (χ2v) is 2.51. The summed E-state index contributed by atoms with van der Waals surface area (Å²) in [4.78, 5) is 12.6. The van der Waals surface area contributed by atoms with Crippen molar-refractivity contribution >= 4 is 5.91 Å². The minimum Gasteiger partial charge on any atom is -0.352 e. The molecule has 1 amide bonds. The molecule has 1 aliphatic heterocycles. The molecule has 0 aromatic heterocycles. The summed E-state index contributed by atoms with van der Waals surface area (Å²) in [6.07, 6.45) is 2.70. The van der Waals surface area contributed by atoms with Gasteiger partial charge in [0.05, 0.1) is 0 Å². The molecule has 0 aliphatic carbocycles. The van der Waals surface area contributed by atoms with Gasteiger partial charge in [-0.25, -0.2) is 0 Å². The fourth-order valence-electron chi connectivity index (χ4n) is 1.24. The summed E-state index contributed by atoms with van der Waals surface area (Å²) in [7, 11) is 0. The van der Waals surface area contributed by atoms with Crippen molar-refractivity contribution in [3.8, 4) is 6.19 Å². The van der Waals surface area contributed by atoms with E-state index in [0.29, 0.717) is 19.5 Å². The lowest BCUT2D eigenvalue weighted by Crippen LogP contribution is -2.52. The third kappa shape index (κ3) is 1.43. The van der Waals surface area contributed by atoms with E-state index in [1.807, 2.05) is 13.1 Å². The van der Waals surface area contributed by atoms with E-state index in [0.717, 1.165) is 0 Å². The number of carbonyl (C=O) groups is 1. The third-order valence-corrected chi connectivity index (χ3v) is 1.85. The van der Waals surface area contributed by atoms with Gasteiger partial charge in [-0.05, 0) is 6.42 Å². The average Bonchev–Trinajstić information content (AvgIpc) is 2.04. The average molecular weight is 153 g/mol. The van der Waals surface area contributed by atoms with Gasteiger partial charge in [0.15, 0.2) is 6.19 Å². The van der Waals surface area contributed by atoms with Crippen LogP contribution in [0, 0.1) is 11.5 Å². The monoisotopic (exact) mass is 153 g/mol. The summed E-state index contributed by atoms with van der Waals surface area (Å²) in [5.41, 5.74) is 0. The maximum Gasteiger partial charge on any atom is 0.243 e. The van der Waals surface area contributed by atoms with Crippen molar-refractivity contribution in [1.82, 2.24) is 10.2 Å². The first kappa shape index (κ1) is 7.86. The van der Waals surface area contributed by atoms with Crippen LogP contribution >= 0.6 is 0 Å². The first-order chi connectivity index (χ1) is 5.29. The Morgan fingerprint density at radius 2 is 2.64 bits per heavy atom.